The van der Waals surface area contributed by atoms with Crippen LogP contribution < -0.4 is 0 Å². The molecule has 0 bridgehead atoms. The van der Waals surface area contributed by atoms with Gasteiger partial charge in [0.25, 0.3) is 5.97 Å². The Labute approximate surface area is 81.7 Å². The van der Waals surface area contributed by atoms with Crippen molar-refractivity contribution in [3.63, 3.8) is 0 Å². The van der Waals surface area contributed by atoms with Gasteiger partial charge < -0.3 is 10.0 Å². The second-order valence-electron chi connectivity index (χ2n) is 3.38. The summed E-state index contributed by atoms with van der Waals surface area (Å²) in [6.07, 6.45) is 5.50. The summed E-state index contributed by atoms with van der Waals surface area (Å²) in [4.78, 5) is 11.2. The Hall–Kier alpha value is -0.570. The summed E-state index contributed by atoms with van der Waals surface area (Å²) in [5, 5.41) is 7.42. The maximum atomic E-state index is 9.00. The van der Waals surface area contributed by atoms with Gasteiger partial charge in [-0.1, -0.05) is 26.2 Å². The lowest BCUT2D eigenvalue weighted by Gasteiger charge is -2.07. The predicted molar refractivity (Wildman–Crippen MR) is 56.0 cm³/mol. The number of nitrogens with zero attached hydrogens (tertiary/aromatic N) is 1. The molecular formula is C10H23NO2. The van der Waals surface area contributed by atoms with Gasteiger partial charge in [-0.05, 0) is 27.1 Å². The van der Waals surface area contributed by atoms with Crippen molar-refractivity contribution >= 4 is 5.97 Å². The van der Waals surface area contributed by atoms with E-state index in [4.69, 9.17) is 9.90 Å². The first-order chi connectivity index (χ1) is 6.00. The number of aliphatic carboxylic acids is 1. The van der Waals surface area contributed by atoms with E-state index >= 15 is 0 Å². The fraction of sp³-hybridized carbons (Fsp3) is 0.900. The molecule has 80 valence electrons. The van der Waals surface area contributed by atoms with E-state index in [1.165, 1.54) is 32.2 Å². The van der Waals surface area contributed by atoms with Crippen molar-refractivity contribution in [3.05, 3.63) is 0 Å². The molecule has 0 aromatic rings. The fourth-order valence-electron chi connectivity index (χ4n) is 0.855. The van der Waals surface area contributed by atoms with Gasteiger partial charge in [0.15, 0.2) is 0 Å². The maximum Gasteiger partial charge on any atom is 0.300 e. The molecule has 0 heterocycles. The van der Waals surface area contributed by atoms with Crippen LogP contribution in [0.4, 0.5) is 0 Å². The van der Waals surface area contributed by atoms with E-state index in [1.807, 2.05) is 0 Å². The fourth-order valence-corrected chi connectivity index (χ4v) is 0.855. The monoisotopic (exact) mass is 189 g/mol. The first-order valence-corrected chi connectivity index (χ1v) is 4.85. The quantitative estimate of drug-likeness (QED) is 0.674. The zero-order chi connectivity index (χ0) is 10.7. The molecule has 0 saturated heterocycles. The van der Waals surface area contributed by atoms with Crippen LogP contribution >= 0.6 is 0 Å². The third-order valence-electron chi connectivity index (χ3n) is 1.46. The lowest BCUT2D eigenvalue weighted by Crippen LogP contribution is -2.12. The maximum absolute atomic E-state index is 9.00. The summed E-state index contributed by atoms with van der Waals surface area (Å²) in [5.74, 6) is -0.833. The predicted octanol–water partition coefficient (Wildman–Crippen LogP) is 2.22. The smallest absolute Gasteiger partial charge is 0.300 e. The van der Waals surface area contributed by atoms with Crippen LogP contribution in [0.3, 0.4) is 0 Å². The van der Waals surface area contributed by atoms with E-state index in [1.54, 1.807) is 0 Å². The van der Waals surface area contributed by atoms with E-state index in [-0.39, 0.29) is 0 Å². The van der Waals surface area contributed by atoms with Crippen molar-refractivity contribution < 1.29 is 9.90 Å². The minimum Gasteiger partial charge on any atom is -0.481 e. The topological polar surface area (TPSA) is 40.5 Å². The lowest BCUT2D eigenvalue weighted by atomic mass is 10.2. The minimum absolute atomic E-state index is 0.833. The van der Waals surface area contributed by atoms with Gasteiger partial charge in [-0.15, -0.1) is 0 Å². The molecule has 0 aromatic carbocycles. The van der Waals surface area contributed by atoms with Gasteiger partial charge in [0.1, 0.15) is 0 Å². The standard InChI is InChI=1S/C8H19N.C2H4O2/c1-4-5-6-7-8-9(2)3;1-2(3)4/h4-8H2,1-3H3;1H3,(H,3,4). The molecule has 0 amide bonds. The zero-order valence-electron chi connectivity index (χ0n) is 9.34. The van der Waals surface area contributed by atoms with Crippen molar-refractivity contribution in [1.29, 1.82) is 0 Å². The third kappa shape index (κ3) is 34.5. The molecule has 0 unspecified atom stereocenters. The van der Waals surface area contributed by atoms with E-state index in [0.29, 0.717) is 0 Å². The molecule has 13 heavy (non-hydrogen) atoms. The molecule has 0 radical (unpaired) electrons. The Morgan fingerprint density at radius 1 is 1.23 bits per heavy atom. The zero-order valence-corrected chi connectivity index (χ0v) is 9.34. The number of carboxylic acids is 1. The number of carboxylic acid groups (broad SMARTS) is 1. The summed E-state index contributed by atoms with van der Waals surface area (Å²) in [6.45, 7) is 4.58. The van der Waals surface area contributed by atoms with Crippen LogP contribution in [-0.4, -0.2) is 36.6 Å². The average Bonchev–Trinajstić information content (AvgIpc) is 1.97. The Bertz CT molecular complexity index is 109. The Morgan fingerprint density at radius 2 is 1.69 bits per heavy atom. The van der Waals surface area contributed by atoms with Gasteiger partial charge in [-0.25, -0.2) is 0 Å². The van der Waals surface area contributed by atoms with E-state index in [0.717, 1.165) is 6.92 Å². The molecule has 3 heteroatoms. The normalized spacial score (nSPS) is 9.31. The summed E-state index contributed by atoms with van der Waals surface area (Å²) in [5.41, 5.74) is 0. The molecule has 0 aliphatic rings. The van der Waals surface area contributed by atoms with Crippen molar-refractivity contribution in [2.45, 2.75) is 39.5 Å². The lowest BCUT2D eigenvalue weighted by molar-refractivity contribution is -0.134. The summed E-state index contributed by atoms with van der Waals surface area (Å²) in [7, 11) is 4.26. The summed E-state index contributed by atoms with van der Waals surface area (Å²) >= 11 is 0. The van der Waals surface area contributed by atoms with E-state index in [2.05, 4.69) is 25.9 Å². The Kier molecular flexibility index (Phi) is 13.1. The van der Waals surface area contributed by atoms with Gasteiger partial charge in [0.05, 0.1) is 0 Å². The van der Waals surface area contributed by atoms with E-state index in [9.17, 15) is 0 Å². The van der Waals surface area contributed by atoms with Gasteiger partial charge in [0.2, 0.25) is 0 Å². The van der Waals surface area contributed by atoms with Crippen LogP contribution in [0.2, 0.25) is 0 Å². The van der Waals surface area contributed by atoms with Crippen LogP contribution in [0.15, 0.2) is 0 Å². The van der Waals surface area contributed by atoms with Gasteiger partial charge in [-0.3, -0.25) is 4.79 Å². The number of hydrogen-bond donors (Lipinski definition) is 1. The SMILES string of the molecule is CC(=O)O.CCCCCCN(C)C. The van der Waals surface area contributed by atoms with Crippen molar-refractivity contribution in [3.8, 4) is 0 Å². The molecule has 0 aliphatic carbocycles. The first-order valence-electron chi connectivity index (χ1n) is 4.85. The number of carbonyl (C=O) groups is 1. The Balaban J connectivity index is 0. The molecule has 0 atom stereocenters. The van der Waals surface area contributed by atoms with Crippen molar-refractivity contribution in [2.75, 3.05) is 20.6 Å². The molecule has 0 saturated carbocycles. The molecular weight excluding hydrogens is 166 g/mol. The third-order valence-corrected chi connectivity index (χ3v) is 1.46. The number of rotatable bonds is 5. The Morgan fingerprint density at radius 3 is 2.00 bits per heavy atom. The second kappa shape index (κ2) is 11.4. The summed E-state index contributed by atoms with van der Waals surface area (Å²) < 4.78 is 0. The molecule has 0 aliphatic heterocycles. The highest BCUT2D eigenvalue weighted by Crippen LogP contribution is 1.98. The van der Waals surface area contributed by atoms with Crippen molar-refractivity contribution in [2.24, 2.45) is 0 Å². The van der Waals surface area contributed by atoms with E-state index < -0.39 is 5.97 Å². The largest absolute Gasteiger partial charge is 0.481 e. The highest BCUT2D eigenvalue weighted by Gasteiger charge is 1.88. The van der Waals surface area contributed by atoms with Gasteiger partial charge in [-0.2, -0.15) is 0 Å². The summed E-state index contributed by atoms with van der Waals surface area (Å²) in [6, 6.07) is 0. The molecule has 0 aromatic heterocycles. The molecule has 3 nitrogen and oxygen atoms in total. The molecule has 0 rings (SSSR count). The second-order valence-corrected chi connectivity index (χ2v) is 3.38. The first kappa shape index (κ1) is 14.9. The van der Waals surface area contributed by atoms with Gasteiger partial charge >= 0.3 is 0 Å². The van der Waals surface area contributed by atoms with Crippen LogP contribution in [0, 0.1) is 0 Å². The minimum atomic E-state index is -0.833. The highest BCUT2D eigenvalue weighted by molar-refractivity contribution is 5.62. The molecule has 0 fully saturated rings. The van der Waals surface area contributed by atoms with Crippen LogP contribution in [0.1, 0.15) is 39.5 Å². The highest BCUT2D eigenvalue weighted by atomic mass is 16.4. The van der Waals surface area contributed by atoms with Crippen molar-refractivity contribution in [1.82, 2.24) is 4.90 Å². The number of unbranched alkanes of at least 4 members (excludes halogenated alkanes) is 3. The van der Waals surface area contributed by atoms with Crippen LogP contribution in [0.25, 0.3) is 0 Å². The van der Waals surface area contributed by atoms with Crippen LogP contribution in [-0.2, 0) is 4.79 Å². The molecule has 0 spiro atoms. The average molecular weight is 189 g/mol. The molecule has 1 N–H and O–H groups in total. The number of hydrogen-bond acceptors (Lipinski definition) is 2. The van der Waals surface area contributed by atoms with Gasteiger partial charge in [0, 0.05) is 6.92 Å². The van der Waals surface area contributed by atoms with Crippen LogP contribution in [0.5, 0.6) is 0 Å².